The van der Waals surface area contributed by atoms with Gasteiger partial charge in [0.05, 0.1) is 5.39 Å². The second-order valence-corrected chi connectivity index (χ2v) is 5.61. The van der Waals surface area contributed by atoms with Crippen LogP contribution in [0.5, 0.6) is 0 Å². The highest BCUT2D eigenvalue weighted by Crippen LogP contribution is 2.27. The Morgan fingerprint density at radius 3 is 3.12 bits per heavy atom. The van der Waals surface area contributed by atoms with Crippen LogP contribution in [0.15, 0.2) is 28.5 Å². The fourth-order valence-electron chi connectivity index (χ4n) is 2.01. The summed E-state index contributed by atoms with van der Waals surface area (Å²) in [6.45, 7) is 2.75. The van der Waals surface area contributed by atoms with Gasteiger partial charge in [-0.15, -0.1) is 11.3 Å². The van der Waals surface area contributed by atoms with Crippen molar-refractivity contribution in [3.63, 3.8) is 0 Å². The molecule has 2 aromatic rings. The fraction of sp³-hybridized carbons (Fsp3) is 0.462. The van der Waals surface area contributed by atoms with E-state index in [2.05, 4.69) is 5.32 Å². The number of hydrogen-bond acceptors (Lipinski definition) is 3. The lowest BCUT2D eigenvalue weighted by Crippen LogP contribution is -2.27. The van der Waals surface area contributed by atoms with Gasteiger partial charge in [0.15, 0.2) is 0 Å². The molecule has 0 bridgehead atoms. The zero-order valence-electron chi connectivity index (χ0n) is 9.69. The third-order valence-corrected chi connectivity index (χ3v) is 4.13. The van der Waals surface area contributed by atoms with Gasteiger partial charge in [0.2, 0.25) is 0 Å². The van der Waals surface area contributed by atoms with Crippen LogP contribution in [0, 0.1) is 5.92 Å². The molecule has 1 saturated carbocycles. The highest BCUT2D eigenvalue weighted by molar-refractivity contribution is 7.17. The quantitative estimate of drug-likeness (QED) is 0.822. The van der Waals surface area contributed by atoms with Crippen LogP contribution >= 0.6 is 11.3 Å². The first-order chi connectivity index (χ1) is 8.34. The summed E-state index contributed by atoms with van der Waals surface area (Å²) < 4.78 is 2.88. The summed E-state index contributed by atoms with van der Waals surface area (Å²) in [4.78, 5) is 12.1. The van der Waals surface area contributed by atoms with E-state index in [1.807, 2.05) is 23.7 Å². The Labute approximate surface area is 104 Å². The average molecular weight is 248 g/mol. The molecule has 3 rings (SSSR count). The van der Waals surface area contributed by atoms with Crippen molar-refractivity contribution in [3.05, 3.63) is 34.1 Å². The summed E-state index contributed by atoms with van der Waals surface area (Å²) in [6.07, 6.45) is 4.64. The Bertz CT molecular complexity index is 568. The summed E-state index contributed by atoms with van der Waals surface area (Å²) in [5.41, 5.74) is 0.136. The summed E-state index contributed by atoms with van der Waals surface area (Å²) in [5, 5.41) is 6.23. The van der Waals surface area contributed by atoms with Gasteiger partial charge in [-0.2, -0.15) is 0 Å². The van der Waals surface area contributed by atoms with E-state index in [0.29, 0.717) is 0 Å². The largest absolute Gasteiger partial charge is 0.315 e. The number of thiophene rings is 1. The lowest BCUT2D eigenvalue weighted by molar-refractivity contribution is 0.568. The van der Waals surface area contributed by atoms with Gasteiger partial charge in [-0.3, -0.25) is 4.79 Å². The summed E-state index contributed by atoms with van der Waals surface area (Å²) in [6, 6.07) is 3.94. The number of fused-ring (bicyclic) bond motifs is 1. The SMILES string of the molecule is O=c1c2ccsc2ccn1CCNCC1CC1. The van der Waals surface area contributed by atoms with Crippen LogP contribution in [-0.2, 0) is 6.54 Å². The van der Waals surface area contributed by atoms with Crippen molar-refractivity contribution in [2.75, 3.05) is 13.1 Å². The summed E-state index contributed by atoms with van der Waals surface area (Å²) in [7, 11) is 0. The van der Waals surface area contributed by atoms with E-state index in [0.717, 1.165) is 35.6 Å². The Morgan fingerprint density at radius 2 is 2.29 bits per heavy atom. The van der Waals surface area contributed by atoms with Crippen LogP contribution in [-0.4, -0.2) is 17.7 Å². The normalized spacial score (nSPS) is 15.5. The zero-order valence-corrected chi connectivity index (χ0v) is 10.5. The number of rotatable bonds is 5. The molecule has 1 aliphatic rings. The van der Waals surface area contributed by atoms with Crippen molar-refractivity contribution in [1.29, 1.82) is 0 Å². The van der Waals surface area contributed by atoms with Gasteiger partial charge in [0, 0.05) is 24.0 Å². The fourth-order valence-corrected chi connectivity index (χ4v) is 2.78. The van der Waals surface area contributed by atoms with Crippen molar-refractivity contribution in [3.8, 4) is 0 Å². The molecule has 17 heavy (non-hydrogen) atoms. The molecule has 2 heterocycles. The molecule has 0 spiro atoms. The highest BCUT2D eigenvalue weighted by atomic mass is 32.1. The third-order valence-electron chi connectivity index (χ3n) is 3.25. The minimum Gasteiger partial charge on any atom is -0.315 e. The molecule has 0 aromatic carbocycles. The van der Waals surface area contributed by atoms with E-state index in [9.17, 15) is 4.79 Å². The molecule has 90 valence electrons. The molecular weight excluding hydrogens is 232 g/mol. The predicted octanol–water partition coefficient (Wildman–Crippen LogP) is 2.06. The molecule has 4 heteroatoms. The van der Waals surface area contributed by atoms with Crippen molar-refractivity contribution >= 4 is 21.4 Å². The third kappa shape index (κ3) is 2.42. The van der Waals surface area contributed by atoms with Gasteiger partial charge in [-0.1, -0.05) is 0 Å². The van der Waals surface area contributed by atoms with Crippen molar-refractivity contribution in [2.24, 2.45) is 5.92 Å². The summed E-state index contributed by atoms with van der Waals surface area (Å²) >= 11 is 1.62. The Balaban J connectivity index is 1.66. The first-order valence-corrected chi connectivity index (χ1v) is 7.00. The summed E-state index contributed by atoms with van der Waals surface area (Å²) in [5.74, 6) is 0.895. The van der Waals surface area contributed by atoms with Crippen molar-refractivity contribution in [2.45, 2.75) is 19.4 Å². The molecule has 1 fully saturated rings. The smallest absolute Gasteiger partial charge is 0.259 e. The van der Waals surface area contributed by atoms with Crippen LogP contribution in [0.2, 0.25) is 0 Å². The first-order valence-electron chi connectivity index (χ1n) is 6.12. The molecule has 1 N–H and O–H groups in total. The van der Waals surface area contributed by atoms with Gasteiger partial charge < -0.3 is 9.88 Å². The van der Waals surface area contributed by atoms with Crippen LogP contribution in [0.3, 0.4) is 0 Å². The maximum atomic E-state index is 12.1. The second kappa shape index (κ2) is 4.63. The van der Waals surface area contributed by atoms with Crippen LogP contribution in [0.25, 0.3) is 10.1 Å². The zero-order chi connectivity index (χ0) is 11.7. The average Bonchev–Trinajstić information content (AvgIpc) is 3.02. The van der Waals surface area contributed by atoms with E-state index in [1.165, 1.54) is 12.8 Å². The Kier molecular flexibility index (Phi) is 2.99. The minimum atomic E-state index is 0.136. The molecule has 0 radical (unpaired) electrons. The molecule has 2 aromatic heterocycles. The van der Waals surface area contributed by atoms with E-state index in [1.54, 1.807) is 15.9 Å². The van der Waals surface area contributed by atoms with E-state index in [-0.39, 0.29) is 5.56 Å². The van der Waals surface area contributed by atoms with Crippen LogP contribution in [0.4, 0.5) is 0 Å². The van der Waals surface area contributed by atoms with Gasteiger partial charge in [0.1, 0.15) is 0 Å². The van der Waals surface area contributed by atoms with Crippen LogP contribution < -0.4 is 10.9 Å². The minimum absolute atomic E-state index is 0.136. The number of nitrogens with zero attached hydrogens (tertiary/aromatic N) is 1. The molecule has 3 nitrogen and oxygen atoms in total. The molecule has 0 unspecified atom stereocenters. The predicted molar refractivity (Wildman–Crippen MR) is 71.7 cm³/mol. The lowest BCUT2D eigenvalue weighted by atomic mass is 10.3. The van der Waals surface area contributed by atoms with Gasteiger partial charge in [-0.05, 0) is 42.8 Å². The van der Waals surface area contributed by atoms with Crippen LogP contribution in [0.1, 0.15) is 12.8 Å². The number of nitrogens with one attached hydrogen (secondary N) is 1. The molecule has 0 amide bonds. The Hall–Kier alpha value is -1.13. The number of aromatic nitrogens is 1. The Morgan fingerprint density at radius 1 is 1.41 bits per heavy atom. The van der Waals surface area contributed by atoms with E-state index >= 15 is 0 Å². The highest BCUT2D eigenvalue weighted by Gasteiger charge is 2.19. The van der Waals surface area contributed by atoms with E-state index in [4.69, 9.17) is 0 Å². The molecular formula is C13H16N2OS. The monoisotopic (exact) mass is 248 g/mol. The van der Waals surface area contributed by atoms with Gasteiger partial charge >= 0.3 is 0 Å². The van der Waals surface area contributed by atoms with Gasteiger partial charge in [0.25, 0.3) is 5.56 Å². The van der Waals surface area contributed by atoms with Gasteiger partial charge in [-0.25, -0.2) is 0 Å². The molecule has 0 atom stereocenters. The topological polar surface area (TPSA) is 34.0 Å². The molecule has 1 aliphatic carbocycles. The first kappa shape index (κ1) is 11.0. The lowest BCUT2D eigenvalue weighted by Gasteiger charge is -2.06. The standard InChI is InChI=1S/C13H16N2OS/c16-13-11-4-8-17-12(11)3-6-15(13)7-5-14-9-10-1-2-10/h3-4,6,8,10,14H,1-2,5,7,9H2. The van der Waals surface area contributed by atoms with Crippen molar-refractivity contribution < 1.29 is 0 Å². The second-order valence-electron chi connectivity index (χ2n) is 4.66. The maximum Gasteiger partial charge on any atom is 0.259 e. The molecule has 0 saturated heterocycles. The van der Waals surface area contributed by atoms with Crippen molar-refractivity contribution in [1.82, 2.24) is 9.88 Å². The number of hydrogen-bond donors (Lipinski definition) is 1. The van der Waals surface area contributed by atoms with E-state index < -0.39 is 0 Å². The maximum absolute atomic E-state index is 12.1. The molecule has 0 aliphatic heterocycles. The number of pyridine rings is 1.